The molecule has 1 atom stereocenters. The maximum atomic E-state index is 12.6. The van der Waals surface area contributed by atoms with Gasteiger partial charge in [-0.2, -0.15) is 0 Å². The van der Waals surface area contributed by atoms with Gasteiger partial charge in [-0.1, -0.05) is 30.4 Å². The highest BCUT2D eigenvalue weighted by atomic mass is 16.3. The Morgan fingerprint density at radius 1 is 1.40 bits per heavy atom. The minimum atomic E-state index is -1.13. The third-order valence-electron chi connectivity index (χ3n) is 4.03. The first-order chi connectivity index (χ1) is 9.68. The van der Waals surface area contributed by atoms with Gasteiger partial charge in [0.15, 0.2) is 5.78 Å². The molecule has 1 aliphatic heterocycles. The fraction of sp³-hybridized carbons (Fsp3) is 0.235. The van der Waals surface area contributed by atoms with Gasteiger partial charge in [-0.25, -0.2) is 0 Å². The van der Waals surface area contributed by atoms with Crippen molar-refractivity contribution in [3.63, 3.8) is 0 Å². The van der Waals surface area contributed by atoms with Gasteiger partial charge in [0.25, 0.3) is 0 Å². The fourth-order valence-corrected chi connectivity index (χ4v) is 3.09. The molecule has 0 saturated carbocycles. The zero-order valence-electron chi connectivity index (χ0n) is 11.2. The average molecular weight is 267 g/mol. The van der Waals surface area contributed by atoms with Gasteiger partial charge in [0.2, 0.25) is 0 Å². The molecule has 0 radical (unpaired) electrons. The Kier molecular flexibility index (Phi) is 3.07. The molecule has 0 spiro atoms. The van der Waals surface area contributed by atoms with Gasteiger partial charge in [-0.15, -0.1) is 6.58 Å². The Morgan fingerprint density at radius 3 is 3.05 bits per heavy atom. The van der Waals surface area contributed by atoms with Crippen LogP contribution in [0.2, 0.25) is 0 Å². The second-order valence-electron chi connectivity index (χ2n) is 5.17. The van der Waals surface area contributed by atoms with Gasteiger partial charge in [0.05, 0.1) is 0 Å². The van der Waals surface area contributed by atoms with E-state index in [9.17, 15) is 9.90 Å². The number of hydrogen-bond donors (Lipinski definition) is 2. The molecule has 0 bridgehead atoms. The number of nitrogens with one attached hydrogen (secondary N) is 1. The topological polar surface area (TPSA) is 49.3 Å². The van der Waals surface area contributed by atoms with Gasteiger partial charge >= 0.3 is 0 Å². The summed E-state index contributed by atoms with van der Waals surface area (Å²) in [5.74, 6) is 0.0144. The zero-order chi connectivity index (χ0) is 14.2. The fourth-order valence-electron chi connectivity index (χ4n) is 3.09. The standard InChI is InChI=1S/C17H17NO2/c1-2-9-17(20)14-7-5-3-4-6-12(14)16(19)13-11-18-10-8-15(13)17/h2-6,8,10,18,20H,1,7,9,11H2. The van der Waals surface area contributed by atoms with Crippen molar-refractivity contribution >= 4 is 5.78 Å². The van der Waals surface area contributed by atoms with Crippen molar-refractivity contribution in [2.45, 2.75) is 18.4 Å². The number of dihydropyridines is 1. The van der Waals surface area contributed by atoms with E-state index in [0.29, 0.717) is 36.1 Å². The molecular formula is C17H17NO2. The van der Waals surface area contributed by atoms with Crippen LogP contribution >= 0.6 is 0 Å². The van der Waals surface area contributed by atoms with Gasteiger partial charge in [-0.05, 0) is 29.8 Å². The smallest absolute Gasteiger partial charge is 0.191 e. The third kappa shape index (κ3) is 1.74. The molecule has 0 aromatic heterocycles. The van der Waals surface area contributed by atoms with Crippen molar-refractivity contribution in [2.24, 2.45) is 0 Å². The summed E-state index contributed by atoms with van der Waals surface area (Å²) >= 11 is 0. The van der Waals surface area contributed by atoms with Crippen LogP contribution in [0.15, 0.2) is 71.5 Å². The van der Waals surface area contributed by atoms with E-state index in [1.54, 1.807) is 18.4 Å². The molecule has 2 aliphatic carbocycles. The van der Waals surface area contributed by atoms with Crippen LogP contribution in [0.4, 0.5) is 0 Å². The molecule has 3 nitrogen and oxygen atoms in total. The Bertz CT molecular complexity index is 631. The molecule has 0 fully saturated rings. The Balaban J connectivity index is 2.23. The molecule has 3 heteroatoms. The van der Waals surface area contributed by atoms with Crippen LogP contribution in [0.3, 0.4) is 0 Å². The highest BCUT2D eigenvalue weighted by molar-refractivity contribution is 6.14. The van der Waals surface area contributed by atoms with Crippen LogP contribution in [-0.2, 0) is 4.79 Å². The molecule has 0 saturated heterocycles. The lowest BCUT2D eigenvalue weighted by atomic mass is 9.70. The number of allylic oxidation sites excluding steroid dienone is 5. The molecule has 3 aliphatic rings. The molecule has 0 aromatic rings. The predicted molar refractivity (Wildman–Crippen MR) is 78.9 cm³/mol. The molecule has 2 N–H and O–H groups in total. The molecular weight excluding hydrogens is 250 g/mol. The Morgan fingerprint density at radius 2 is 2.25 bits per heavy atom. The summed E-state index contributed by atoms with van der Waals surface area (Å²) < 4.78 is 0. The molecule has 3 rings (SSSR count). The number of aliphatic hydroxyl groups is 1. The van der Waals surface area contributed by atoms with E-state index in [1.807, 2.05) is 24.3 Å². The third-order valence-corrected chi connectivity index (χ3v) is 4.03. The zero-order valence-corrected chi connectivity index (χ0v) is 11.2. The number of carbonyl (C=O) groups is 1. The highest BCUT2D eigenvalue weighted by Gasteiger charge is 2.43. The van der Waals surface area contributed by atoms with Crippen LogP contribution < -0.4 is 5.32 Å². The number of ketones is 1. The van der Waals surface area contributed by atoms with Crippen molar-refractivity contribution in [2.75, 3.05) is 6.54 Å². The van der Waals surface area contributed by atoms with Crippen LogP contribution in [0.1, 0.15) is 12.8 Å². The van der Waals surface area contributed by atoms with E-state index in [2.05, 4.69) is 11.9 Å². The van der Waals surface area contributed by atoms with Crippen LogP contribution in [-0.4, -0.2) is 23.0 Å². The lowest BCUT2D eigenvalue weighted by Gasteiger charge is -2.38. The van der Waals surface area contributed by atoms with Gasteiger partial charge < -0.3 is 10.4 Å². The monoisotopic (exact) mass is 267 g/mol. The molecule has 0 aromatic carbocycles. The summed E-state index contributed by atoms with van der Waals surface area (Å²) in [6.45, 7) is 4.21. The first kappa shape index (κ1) is 12.9. The Labute approximate surface area is 118 Å². The van der Waals surface area contributed by atoms with Crippen molar-refractivity contribution in [3.05, 3.63) is 71.5 Å². The SMILES string of the molecule is C=CCC1(O)C2=C(CNC=C2)C(=O)C2=C1CC=CC=C2. The lowest BCUT2D eigenvalue weighted by Crippen LogP contribution is -2.42. The van der Waals surface area contributed by atoms with E-state index in [1.165, 1.54) is 0 Å². The van der Waals surface area contributed by atoms with Crippen LogP contribution in [0.25, 0.3) is 0 Å². The summed E-state index contributed by atoms with van der Waals surface area (Å²) in [4.78, 5) is 12.6. The molecule has 1 unspecified atom stereocenters. The number of rotatable bonds is 2. The summed E-state index contributed by atoms with van der Waals surface area (Å²) in [7, 11) is 0. The van der Waals surface area contributed by atoms with E-state index < -0.39 is 5.60 Å². The molecule has 0 amide bonds. The minimum absolute atomic E-state index is 0.0144. The van der Waals surface area contributed by atoms with Gasteiger partial charge in [0, 0.05) is 24.1 Å². The van der Waals surface area contributed by atoms with Gasteiger partial charge in [-0.3, -0.25) is 4.79 Å². The predicted octanol–water partition coefficient (Wildman–Crippen LogP) is 2.10. The minimum Gasteiger partial charge on any atom is -0.387 e. The summed E-state index contributed by atoms with van der Waals surface area (Å²) in [5.41, 5.74) is 1.64. The van der Waals surface area contributed by atoms with Crippen molar-refractivity contribution in [1.82, 2.24) is 5.32 Å². The molecule has 102 valence electrons. The van der Waals surface area contributed by atoms with E-state index in [-0.39, 0.29) is 5.78 Å². The quantitative estimate of drug-likeness (QED) is 0.753. The lowest BCUT2D eigenvalue weighted by molar-refractivity contribution is -0.112. The van der Waals surface area contributed by atoms with E-state index in [4.69, 9.17) is 0 Å². The number of hydrogen-bond acceptors (Lipinski definition) is 3. The second-order valence-corrected chi connectivity index (χ2v) is 5.17. The first-order valence-corrected chi connectivity index (χ1v) is 6.77. The summed E-state index contributed by atoms with van der Waals surface area (Å²) in [6, 6.07) is 0. The van der Waals surface area contributed by atoms with Crippen molar-refractivity contribution < 1.29 is 9.90 Å². The van der Waals surface area contributed by atoms with Crippen molar-refractivity contribution in [1.29, 1.82) is 0 Å². The number of carbonyl (C=O) groups excluding carboxylic acids is 1. The first-order valence-electron chi connectivity index (χ1n) is 6.77. The average Bonchev–Trinajstić information content (AvgIpc) is 2.72. The summed E-state index contributed by atoms with van der Waals surface area (Å²) in [6.07, 6.45) is 13.8. The number of Topliss-reactive ketones (excluding diaryl/α,β-unsaturated/α-hetero) is 1. The Hall–Kier alpha value is -2.13. The van der Waals surface area contributed by atoms with Crippen LogP contribution in [0, 0.1) is 0 Å². The molecule has 1 heterocycles. The molecule has 20 heavy (non-hydrogen) atoms. The highest BCUT2D eigenvalue weighted by Crippen LogP contribution is 2.43. The second kappa shape index (κ2) is 4.76. The van der Waals surface area contributed by atoms with E-state index >= 15 is 0 Å². The maximum Gasteiger partial charge on any atom is 0.191 e. The van der Waals surface area contributed by atoms with E-state index in [0.717, 1.165) is 5.57 Å². The summed E-state index contributed by atoms with van der Waals surface area (Å²) in [5, 5.41) is 14.3. The normalized spacial score (nSPS) is 27.9. The van der Waals surface area contributed by atoms with Gasteiger partial charge in [0.1, 0.15) is 5.60 Å². The maximum absolute atomic E-state index is 12.6. The van der Waals surface area contributed by atoms with Crippen molar-refractivity contribution in [3.8, 4) is 0 Å². The van der Waals surface area contributed by atoms with Crippen LogP contribution in [0.5, 0.6) is 0 Å². The largest absolute Gasteiger partial charge is 0.387 e.